The quantitative estimate of drug-likeness (QED) is 0.0991. The van der Waals surface area contributed by atoms with Crippen LogP contribution in [0.4, 0.5) is 5.95 Å². The fraction of sp³-hybridized carbons (Fsp3) is 0.524. The Bertz CT molecular complexity index is 1730. The van der Waals surface area contributed by atoms with Gasteiger partial charge in [-0.25, -0.2) is 24.5 Å². The molecule has 2 aliphatic rings. The van der Waals surface area contributed by atoms with Gasteiger partial charge in [-0.2, -0.15) is 4.98 Å². The van der Waals surface area contributed by atoms with Crippen LogP contribution < -0.4 is 11.3 Å². The second-order valence-corrected chi connectivity index (χ2v) is 11.1. The number of anilines is 1. The van der Waals surface area contributed by atoms with Crippen LogP contribution in [0.3, 0.4) is 0 Å². The van der Waals surface area contributed by atoms with Crippen LogP contribution in [0.15, 0.2) is 23.8 Å². The average molecular weight is 611 g/mol. The van der Waals surface area contributed by atoms with E-state index < -0.39 is 75.7 Å². The molecule has 226 valence electrons. The van der Waals surface area contributed by atoms with Gasteiger partial charge in [0.15, 0.2) is 29.3 Å². The summed E-state index contributed by atoms with van der Waals surface area (Å²) in [5, 5.41) is 41.6. The first-order valence-corrected chi connectivity index (χ1v) is 14.0. The molecule has 1 unspecified atom stereocenters. The minimum absolute atomic E-state index is 0.0793. The number of ether oxygens (including phenoxy) is 2. The van der Waals surface area contributed by atoms with Gasteiger partial charge < -0.3 is 40.5 Å². The van der Waals surface area contributed by atoms with Gasteiger partial charge in [0.2, 0.25) is 5.95 Å². The van der Waals surface area contributed by atoms with Gasteiger partial charge in [0.05, 0.1) is 31.6 Å². The minimum Gasteiger partial charge on any atom is -0.394 e. The molecule has 0 saturated carbocycles. The molecule has 4 aromatic rings. The molecule has 42 heavy (non-hydrogen) atoms. The number of nitrogens with one attached hydrogen (secondary N) is 1. The predicted molar refractivity (Wildman–Crippen MR) is 136 cm³/mol. The number of fused-ring (bicyclic) bond motifs is 2. The summed E-state index contributed by atoms with van der Waals surface area (Å²) in [5.41, 5.74) is 6.12. The third kappa shape index (κ3) is 4.86. The number of rotatable bonds is 8. The number of imidazole rings is 2. The van der Waals surface area contributed by atoms with Gasteiger partial charge >= 0.3 is 7.82 Å². The Kier molecular flexibility index (Phi) is 7.30. The lowest BCUT2D eigenvalue weighted by Gasteiger charge is -2.24. The number of nitrogens with two attached hydrogens (primary N) is 1. The van der Waals surface area contributed by atoms with Crippen LogP contribution in [0, 0.1) is 6.92 Å². The summed E-state index contributed by atoms with van der Waals surface area (Å²) >= 11 is 0. The van der Waals surface area contributed by atoms with Crippen LogP contribution >= 0.6 is 7.82 Å². The lowest BCUT2D eigenvalue weighted by atomic mass is 10.1. The summed E-state index contributed by atoms with van der Waals surface area (Å²) in [7, 11) is -5.04. The summed E-state index contributed by atoms with van der Waals surface area (Å²) in [4.78, 5) is 45.3. The molecular formula is C21H26N9O11P. The number of aromatic amines is 1. The van der Waals surface area contributed by atoms with E-state index in [1.54, 1.807) is 6.92 Å². The van der Waals surface area contributed by atoms with E-state index in [0.29, 0.717) is 16.9 Å². The zero-order valence-corrected chi connectivity index (χ0v) is 22.5. The smallest absolute Gasteiger partial charge is 0.394 e. The third-order valence-corrected chi connectivity index (χ3v) is 8.01. The Labute approximate surface area is 233 Å². The van der Waals surface area contributed by atoms with Gasteiger partial charge in [-0.05, 0) is 6.92 Å². The summed E-state index contributed by atoms with van der Waals surface area (Å²) < 4.78 is 37.2. The molecule has 4 aromatic heterocycles. The Morgan fingerprint density at radius 1 is 1.00 bits per heavy atom. The Hall–Kier alpha value is -3.43. The van der Waals surface area contributed by atoms with Crippen LogP contribution in [0.5, 0.6) is 0 Å². The molecule has 0 amide bonds. The van der Waals surface area contributed by atoms with Crippen molar-refractivity contribution in [3.8, 4) is 0 Å². The van der Waals surface area contributed by atoms with Crippen molar-refractivity contribution >= 4 is 36.1 Å². The molecule has 6 heterocycles. The molecule has 0 spiro atoms. The maximum atomic E-state index is 13.0. The predicted octanol–water partition coefficient (Wildman–Crippen LogP) is -2.78. The SMILES string of the molecule is Cc1ncnc2c1ncn2[C@@H]1O[C@H](COP(=O)(O)O[C@@H]2[C@H](O)[C@@H](CO)O[C@H]2n2cnc3c(=O)[nH]c(N)nc32)[C@@H](O)[C@H]1O. The molecular weight excluding hydrogens is 585 g/mol. The third-order valence-electron chi connectivity index (χ3n) is 7.03. The number of phosphoric acid groups is 1. The number of H-pyrrole nitrogens is 1. The first-order chi connectivity index (χ1) is 20.0. The van der Waals surface area contributed by atoms with Crippen molar-refractivity contribution in [2.45, 2.75) is 56.0 Å². The lowest BCUT2D eigenvalue weighted by Crippen LogP contribution is -2.36. The number of hydrogen-bond acceptors (Lipinski definition) is 16. The number of phosphoric ester groups is 1. The number of hydrogen-bond donors (Lipinski definition) is 7. The summed E-state index contributed by atoms with van der Waals surface area (Å²) in [5.74, 6) is -0.248. The second kappa shape index (κ2) is 10.7. The lowest BCUT2D eigenvalue weighted by molar-refractivity contribution is -0.0615. The molecule has 9 atom stereocenters. The highest BCUT2D eigenvalue weighted by Crippen LogP contribution is 2.50. The van der Waals surface area contributed by atoms with Gasteiger partial charge in [-0.3, -0.25) is 28.0 Å². The molecule has 21 heteroatoms. The molecule has 8 N–H and O–H groups in total. The minimum atomic E-state index is -5.04. The summed E-state index contributed by atoms with van der Waals surface area (Å²) in [6, 6.07) is 0. The largest absolute Gasteiger partial charge is 0.472 e. The monoisotopic (exact) mass is 611 g/mol. The van der Waals surface area contributed by atoms with Crippen molar-refractivity contribution in [3.63, 3.8) is 0 Å². The average Bonchev–Trinajstić information content (AvgIpc) is 3.69. The van der Waals surface area contributed by atoms with Gasteiger partial charge in [-0.15, -0.1) is 0 Å². The molecule has 2 saturated heterocycles. The molecule has 6 rings (SSSR count). The van der Waals surface area contributed by atoms with E-state index in [4.69, 9.17) is 24.3 Å². The summed E-state index contributed by atoms with van der Waals surface area (Å²) in [6.45, 7) is 0.312. The van der Waals surface area contributed by atoms with Crippen molar-refractivity contribution in [3.05, 3.63) is 35.0 Å². The Morgan fingerprint density at radius 3 is 2.43 bits per heavy atom. The number of aliphatic hydroxyl groups excluding tert-OH is 4. The fourth-order valence-corrected chi connectivity index (χ4v) is 5.87. The molecule has 2 fully saturated rings. The van der Waals surface area contributed by atoms with Gasteiger partial charge in [0.25, 0.3) is 5.56 Å². The highest BCUT2D eigenvalue weighted by molar-refractivity contribution is 7.47. The highest BCUT2D eigenvalue weighted by Gasteiger charge is 2.50. The van der Waals surface area contributed by atoms with Crippen LogP contribution in [0.1, 0.15) is 18.1 Å². The maximum absolute atomic E-state index is 13.0. The molecule has 0 aliphatic carbocycles. The van der Waals surface area contributed by atoms with Crippen LogP contribution in [-0.4, -0.2) is 114 Å². The van der Waals surface area contributed by atoms with Crippen molar-refractivity contribution in [2.24, 2.45) is 0 Å². The second-order valence-electron chi connectivity index (χ2n) is 9.68. The number of nitrogens with zero attached hydrogens (tertiary/aromatic N) is 7. The normalized spacial score (nSPS) is 31.3. The Morgan fingerprint density at radius 2 is 1.69 bits per heavy atom. The number of aromatic nitrogens is 8. The van der Waals surface area contributed by atoms with Gasteiger partial charge in [0.1, 0.15) is 48.5 Å². The van der Waals surface area contributed by atoms with Crippen molar-refractivity contribution in [2.75, 3.05) is 18.9 Å². The highest BCUT2D eigenvalue weighted by atomic mass is 31.2. The van der Waals surface area contributed by atoms with Crippen molar-refractivity contribution in [1.82, 2.24) is 39.0 Å². The van der Waals surface area contributed by atoms with Crippen molar-refractivity contribution < 1.29 is 48.4 Å². The zero-order valence-electron chi connectivity index (χ0n) is 21.6. The van der Waals surface area contributed by atoms with Crippen LogP contribution in [-0.2, 0) is 23.1 Å². The zero-order chi connectivity index (χ0) is 29.9. The first-order valence-electron chi connectivity index (χ1n) is 12.5. The van der Waals surface area contributed by atoms with E-state index >= 15 is 0 Å². The number of aliphatic hydroxyl groups is 4. The van der Waals surface area contributed by atoms with E-state index in [1.807, 2.05) is 0 Å². The van der Waals surface area contributed by atoms with Gasteiger partial charge in [0, 0.05) is 0 Å². The van der Waals surface area contributed by atoms with E-state index in [0.717, 1.165) is 10.9 Å². The molecule has 0 radical (unpaired) electrons. The number of aryl methyl sites for hydroxylation is 1. The Balaban J connectivity index is 1.19. The van der Waals surface area contributed by atoms with Gasteiger partial charge in [-0.1, -0.05) is 0 Å². The number of nitrogen functional groups attached to an aromatic ring is 1. The molecule has 0 aromatic carbocycles. The van der Waals surface area contributed by atoms with E-state index in [1.165, 1.54) is 17.2 Å². The van der Waals surface area contributed by atoms with Crippen LogP contribution in [0.2, 0.25) is 0 Å². The van der Waals surface area contributed by atoms with E-state index in [-0.39, 0.29) is 17.1 Å². The van der Waals surface area contributed by atoms with E-state index in [9.17, 15) is 34.7 Å². The molecule has 2 aliphatic heterocycles. The van der Waals surface area contributed by atoms with Crippen molar-refractivity contribution in [1.29, 1.82) is 0 Å². The van der Waals surface area contributed by atoms with E-state index in [2.05, 4.69) is 29.9 Å². The summed E-state index contributed by atoms with van der Waals surface area (Å²) in [6.07, 6.45) is -7.64. The fourth-order valence-electron chi connectivity index (χ4n) is 4.94. The van der Waals surface area contributed by atoms with Crippen LogP contribution in [0.25, 0.3) is 22.3 Å². The molecule has 20 nitrogen and oxygen atoms in total. The molecule has 0 bridgehead atoms. The maximum Gasteiger partial charge on any atom is 0.472 e. The topological polar surface area (TPSA) is 288 Å². The standard InChI is InChI=1S/C21H26N9O11P/c1-7-10-16(24-4-23-7)29(5-25-10)19-14(34)12(32)9(40-19)3-38-42(36,37)41-15-13(33)8(2-31)39-20(15)30-6-26-11-17(30)27-21(22)28-18(11)35/h4-6,8-9,12-15,19-20,31-34H,2-3H2,1H3,(H,36,37)(H3,22,27,28,35)/t8-,9-,12-,13-,14-,15-,19-,20-/m1/s1. The first kappa shape index (κ1) is 28.7.